The molecule has 0 saturated heterocycles. The number of aromatic nitrogens is 2. The van der Waals surface area contributed by atoms with E-state index in [4.69, 9.17) is 11.6 Å². The molecule has 1 atom stereocenters. The smallest absolute Gasteiger partial charge is 0.131 e. The number of nitrogens with one attached hydrogen (secondary N) is 1. The normalized spacial score (nSPS) is 13.1. The zero-order valence-corrected chi connectivity index (χ0v) is 13.9. The highest BCUT2D eigenvalue weighted by Gasteiger charge is 2.15. The van der Waals surface area contributed by atoms with Crippen LogP contribution < -0.4 is 5.32 Å². The molecule has 2 heterocycles. The summed E-state index contributed by atoms with van der Waals surface area (Å²) < 4.78 is 1.72. The van der Waals surface area contributed by atoms with Crippen molar-refractivity contribution < 1.29 is 0 Å². The van der Waals surface area contributed by atoms with Crippen molar-refractivity contribution in [3.05, 3.63) is 38.8 Å². The molecule has 0 aromatic carbocycles. The lowest BCUT2D eigenvalue weighted by Gasteiger charge is -2.24. The molecule has 4 nitrogen and oxygen atoms in total. The predicted molar refractivity (Wildman–Crippen MR) is 85.4 cm³/mol. The third-order valence-corrected chi connectivity index (χ3v) is 4.63. The van der Waals surface area contributed by atoms with Gasteiger partial charge in [-0.15, -0.1) is 0 Å². The molecule has 0 radical (unpaired) electrons. The van der Waals surface area contributed by atoms with Gasteiger partial charge in [0.25, 0.3) is 0 Å². The fourth-order valence-corrected chi connectivity index (χ4v) is 3.22. The van der Waals surface area contributed by atoms with Crippen molar-refractivity contribution >= 4 is 22.9 Å². The minimum Gasteiger partial charge on any atom is -0.311 e. The number of nitrogens with zero attached hydrogens (tertiary/aromatic N) is 3. The summed E-state index contributed by atoms with van der Waals surface area (Å²) in [5.74, 6) is 0. The van der Waals surface area contributed by atoms with Gasteiger partial charge in [0.1, 0.15) is 5.15 Å². The second-order valence-corrected chi connectivity index (χ2v) is 6.28. The van der Waals surface area contributed by atoms with Gasteiger partial charge in [0.2, 0.25) is 0 Å². The highest BCUT2D eigenvalue weighted by atomic mass is 35.5. The van der Waals surface area contributed by atoms with Crippen LogP contribution >= 0.6 is 22.9 Å². The first-order valence-corrected chi connectivity index (χ1v) is 7.90. The Labute approximate surface area is 129 Å². The van der Waals surface area contributed by atoms with Gasteiger partial charge in [-0.2, -0.15) is 16.4 Å². The van der Waals surface area contributed by atoms with Gasteiger partial charge in [0.05, 0.1) is 5.69 Å². The van der Waals surface area contributed by atoms with E-state index in [-0.39, 0.29) is 0 Å². The molecule has 2 aromatic rings. The van der Waals surface area contributed by atoms with Crippen LogP contribution in [0.5, 0.6) is 0 Å². The maximum Gasteiger partial charge on any atom is 0.131 e. The minimum atomic E-state index is 0.372. The monoisotopic (exact) mass is 312 g/mol. The van der Waals surface area contributed by atoms with Crippen LogP contribution in [0.1, 0.15) is 22.9 Å². The van der Waals surface area contributed by atoms with Crippen LogP contribution in [0, 0.1) is 6.92 Å². The van der Waals surface area contributed by atoms with E-state index in [2.05, 4.69) is 46.2 Å². The number of hydrogen-bond acceptors (Lipinski definition) is 4. The molecule has 20 heavy (non-hydrogen) atoms. The van der Waals surface area contributed by atoms with Crippen LogP contribution in [-0.2, 0) is 13.6 Å². The van der Waals surface area contributed by atoms with Crippen molar-refractivity contribution in [3.8, 4) is 0 Å². The first kappa shape index (κ1) is 15.5. The SMILES string of the molecule is Cc1nn(C)c(Cl)c1CNCC(c1ccsc1)N(C)C. The summed E-state index contributed by atoms with van der Waals surface area (Å²) in [6, 6.07) is 2.55. The van der Waals surface area contributed by atoms with Gasteiger partial charge in [-0.25, -0.2) is 0 Å². The third kappa shape index (κ3) is 3.41. The van der Waals surface area contributed by atoms with E-state index >= 15 is 0 Å². The average molecular weight is 313 g/mol. The summed E-state index contributed by atoms with van der Waals surface area (Å²) in [6.07, 6.45) is 0. The van der Waals surface area contributed by atoms with E-state index in [9.17, 15) is 0 Å². The van der Waals surface area contributed by atoms with E-state index in [1.807, 2.05) is 14.0 Å². The molecule has 0 aliphatic rings. The van der Waals surface area contributed by atoms with Gasteiger partial charge in [-0.05, 0) is 43.4 Å². The number of rotatable bonds is 6. The molecular weight excluding hydrogens is 292 g/mol. The molecule has 1 unspecified atom stereocenters. The molecule has 0 saturated carbocycles. The van der Waals surface area contributed by atoms with E-state index in [0.717, 1.165) is 24.3 Å². The lowest BCUT2D eigenvalue weighted by atomic mass is 10.1. The zero-order chi connectivity index (χ0) is 14.7. The highest BCUT2D eigenvalue weighted by molar-refractivity contribution is 7.07. The van der Waals surface area contributed by atoms with Crippen molar-refractivity contribution in [1.82, 2.24) is 20.0 Å². The molecule has 2 rings (SSSR count). The van der Waals surface area contributed by atoms with Crippen LogP contribution in [0.3, 0.4) is 0 Å². The first-order chi connectivity index (χ1) is 9.50. The van der Waals surface area contributed by atoms with E-state index < -0.39 is 0 Å². The maximum atomic E-state index is 6.24. The third-order valence-electron chi connectivity index (χ3n) is 3.46. The molecule has 0 aliphatic carbocycles. The summed E-state index contributed by atoms with van der Waals surface area (Å²) in [5, 5.41) is 12.9. The second-order valence-electron chi connectivity index (χ2n) is 5.15. The summed E-state index contributed by atoms with van der Waals surface area (Å²) in [6.45, 7) is 3.62. The molecule has 1 N–H and O–H groups in total. The fourth-order valence-electron chi connectivity index (χ4n) is 2.27. The largest absolute Gasteiger partial charge is 0.311 e. The molecule has 2 aromatic heterocycles. The summed E-state index contributed by atoms with van der Waals surface area (Å²) in [7, 11) is 6.07. The van der Waals surface area contributed by atoms with Crippen LogP contribution in [0.4, 0.5) is 0 Å². The molecule has 0 spiro atoms. The van der Waals surface area contributed by atoms with E-state index in [1.54, 1.807) is 16.0 Å². The van der Waals surface area contributed by atoms with Crippen LogP contribution in [-0.4, -0.2) is 35.3 Å². The van der Waals surface area contributed by atoms with Crippen molar-refractivity contribution in [3.63, 3.8) is 0 Å². The van der Waals surface area contributed by atoms with Gasteiger partial charge in [0, 0.05) is 31.7 Å². The highest BCUT2D eigenvalue weighted by Crippen LogP contribution is 2.21. The molecule has 0 amide bonds. The number of aryl methyl sites for hydroxylation is 2. The standard InChI is InChI=1S/C14H21ClN4S/c1-10-12(14(15)19(4)17-10)7-16-8-13(18(2)3)11-5-6-20-9-11/h5-6,9,13,16H,7-8H2,1-4H3. The van der Waals surface area contributed by atoms with Gasteiger partial charge >= 0.3 is 0 Å². The van der Waals surface area contributed by atoms with E-state index in [0.29, 0.717) is 11.2 Å². The van der Waals surface area contributed by atoms with Crippen molar-refractivity contribution in [2.45, 2.75) is 19.5 Å². The molecule has 6 heteroatoms. The Morgan fingerprint density at radius 2 is 2.25 bits per heavy atom. The predicted octanol–water partition coefficient (Wildman–Crippen LogP) is 2.84. The summed E-state index contributed by atoms with van der Waals surface area (Å²) in [5.41, 5.74) is 3.42. The summed E-state index contributed by atoms with van der Waals surface area (Å²) in [4.78, 5) is 2.23. The Morgan fingerprint density at radius 1 is 1.50 bits per heavy atom. The van der Waals surface area contributed by atoms with Crippen molar-refractivity contribution in [2.75, 3.05) is 20.6 Å². The topological polar surface area (TPSA) is 33.1 Å². The molecular formula is C14H21ClN4S. The van der Waals surface area contributed by atoms with Gasteiger partial charge in [-0.1, -0.05) is 11.6 Å². The number of thiophene rings is 1. The van der Waals surface area contributed by atoms with Crippen molar-refractivity contribution in [1.29, 1.82) is 0 Å². The van der Waals surface area contributed by atoms with Crippen LogP contribution in [0.2, 0.25) is 5.15 Å². The Hall–Kier alpha value is -0.880. The maximum absolute atomic E-state index is 6.24. The number of likely N-dealkylation sites (N-methyl/N-ethyl adjacent to an activating group) is 1. The molecule has 0 aliphatic heterocycles. The lowest BCUT2D eigenvalue weighted by Crippen LogP contribution is -2.30. The van der Waals surface area contributed by atoms with Gasteiger partial charge < -0.3 is 10.2 Å². The zero-order valence-electron chi connectivity index (χ0n) is 12.4. The Balaban J connectivity index is 1.97. The van der Waals surface area contributed by atoms with Gasteiger partial charge in [0.15, 0.2) is 0 Å². The number of halogens is 1. The molecule has 0 bridgehead atoms. The Morgan fingerprint density at radius 3 is 2.75 bits per heavy atom. The van der Waals surface area contributed by atoms with E-state index in [1.165, 1.54) is 5.56 Å². The number of hydrogen-bond donors (Lipinski definition) is 1. The quantitative estimate of drug-likeness (QED) is 0.890. The van der Waals surface area contributed by atoms with Crippen LogP contribution in [0.25, 0.3) is 0 Å². The molecule has 110 valence electrons. The first-order valence-electron chi connectivity index (χ1n) is 6.58. The summed E-state index contributed by atoms with van der Waals surface area (Å²) >= 11 is 7.98. The lowest BCUT2D eigenvalue weighted by molar-refractivity contribution is 0.289. The second kappa shape index (κ2) is 6.72. The average Bonchev–Trinajstić information content (AvgIpc) is 2.97. The minimum absolute atomic E-state index is 0.372. The molecule has 0 fully saturated rings. The Bertz CT molecular complexity index is 548. The van der Waals surface area contributed by atoms with Crippen LogP contribution in [0.15, 0.2) is 16.8 Å². The van der Waals surface area contributed by atoms with Gasteiger partial charge in [-0.3, -0.25) is 4.68 Å². The Kier molecular flexibility index (Phi) is 5.21. The van der Waals surface area contributed by atoms with Crippen molar-refractivity contribution in [2.24, 2.45) is 7.05 Å². The fraction of sp³-hybridized carbons (Fsp3) is 0.500.